The Bertz CT molecular complexity index is 361. The Morgan fingerprint density at radius 1 is 1.11 bits per heavy atom. The Kier molecular flexibility index (Phi) is 5.45. The minimum atomic E-state index is -0.698. The third kappa shape index (κ3) is 3.61. The zero-order valence-corrected chi connectivity index (χ0v) is 11.3. The summed E-state index contributed by atoms with van der Waals surface area (Å²) in [4.78, 5) is 0. The van der Waals surface area contributed by atoms with E-state index in [0.29, 0.717) is 6.42 Å². The van der Waals surface area contributed by atoms with Crippen molar-refractivity contribution in [1.29, 1.82) is 0 Å². The second kappa shape index (κ2) is 6.41. The molecule has 1 aliphatic carbocycles. The first-order valence-corrected chi connectivity index (χ1v) is 6.36. The summed E-state index contributed by atoms with van der Waals surface area (Å²) >= 11 is 0. The number of aliphatic hydroxyl groups is 1. The minimum Gasteiger partial charge on any atom is -0.508 e. The van der Waals surface area contributed by atoms with Gasteiger partial charge in [0.1, 0.15) is 5.75 Å². The van der Waals surface area contributed by atoms with Crippen LogP contribution in [0.4, 0.5) is 0 Å². The van der Waals surface area contributed by atoms with Crippen molar-refractivity contribution in [3.8, 4) is 5.75 Å². The molecule has 2 rings (SSSR count). The second-order valence-corrected chi connectivity index (χ2v) is 5.14. The maximum absolute atomic E-state index is 10.5. The van der Waals surface area contributed by atoms with Crippen LogP contribution >= 0.6 is 12.4 Å². The molecule has 0 aromatic heterocycles. The Morgan fingerprint density at radius 2 is 1.67 bits per heavy atom. The van der Waals surface area contributed by atoms with Crippen LogP contribution < -0.4 is 5.73 Å². The molecule has 0 bridgehead atoms. The Morgan fingerprint density at radius 3 is 2.22 bits per heavy atom. The van der Waals surface area contributed by atoms with Crippen LogP contribution in [-0.4, -0.2) is 21.9 Å². The van der Waals surface area contributed by atoms with E-state index in [1.54, 1.807) is 12.1 Å². The Hall–Kier alpha value is -0.770. The van der Waals surface area contributed by atoms with E-state index in [0.717, 1.165) is 31.2 Å². The van der Waals surface area contributed by atoms with E-state index in [1.165, 1.54) is 6.42 Å². The van der Waals surface area contributed by atoms with Crippen LogP contribution in [0.2, 0.25) is 0 Å². The highest BCUT2D eigenvalue weighted by Crippen LogP contribution is 2.31. The summed E-state index contributed by atoms with van der Waals surface area (Å²) in [6.45, 7) is 0. The number of halogens is 1. The molecule has 0 saturated heterocycles. The molecule has 0 radical (unpaired) electrons. The molecule has 1 unspecified atom stereocenters. The predicted molar refractivity (Wildman–Crippen MR) is 75.1 cm³/mol. The average molecular weight is 272 g/mol. The molecule has 0 heterocycles. The van der Waals surface area contributed by atoms with Crippen molar-refractivity contribution in [2.24, 2.45) is 5.73 Å². The van der Waals surface area contributed by atoms with Crippen LogP contribution in [0.3, 0.4) is 0 Å². The maximum Gasteiger partial charge on any atom is 0.115 e. The van der Waals surface area contributed by atoms with E-state index in [-0.39, 0.29) is 24.2 Å². The van der Waals surface area contributed by atoms with Gasteiger partial charge in [-0.15, -0.1) is 12.4 Å². The van der Waals surface area contributed by atoms with Crippen LogP contribution in [0, 0.1) is 0 Å². The van der Waals surface area contributed by atoms with Crippen LogP contribution in [-0.2, 0) is 6.42 Å². The highest BCUT2D eigenvalue weighted by molar-refractivity contribution is 5.85. The number of phenolic OH excluding ortho intramolecular Hbond substituents is 1. The van der Waals surface area contributed by atoms with E-state index >= 15 is 0 Å². The Labute approximate surface area is 114 Å². The molecule has 1 aliphatic rings. The van der Waals surface area contributed by atoms with E-state index < -0.39 is 5.60 Å². The topological polar surface area (TPSA) is 66.5 Å². The lowest BCUT2D eigenvalue weighted by molar-refractivity contribution is -0.0192. The van der Waals surface area contributed by atoms with Crippen LogP contribution in [0.25, 0.3) is 0 Å². The quantitative estimate of drug-likeness (QED) is 0.791. The highest BCUT2D eigenvalue weighted by Gasteiger charge is 2.35. The lowest BCUT2D eigenvalue weighted by Gasteiger charge is -2.37. The minimum absolute atomic E-state index is 0. The van der Waals surface area contributed by atoms with Crippen molar-refractivity contribution in [2.75, 3.05) is 0 Å². The van der Waals surface area contributed by atoms with Crippen molar-refractivity contribution in [3.63, 3.8) is 0 Å². The van der Waals surface area contributed by atoms with E-state index in [2.05, 4.69) is 0 Å². The first-order valence-electron chi connectivity index (χ1n) is 6.36. The molecule has 0 amide bonds. The van der Waals surface area contributed by atoms with E-state index in [9.17, 15) is 10.2 Å². The monoisotopic (exact) mass is 271 g/mol. The zero-order chi connectivity index (χ0) is 12.3. The summed E-state index contributed by atoms with van der Waals surface area (Å²) in [5, 5.41) is 19.7. The molecular weight excluding hydrogens is 250 g/mol. The summed E-state index contributed by atoms with van der Waals surface area (Å²) in [5.74, 6) is 0.263. The molecule has 0 spiro atoms. The number of aromatic hydroxyl groups is 1. The number of hydrogen-bond acceptors (Lipinski definition) is 3. The number of rotatable bonds is 3. The lowest BCUT2D eigenvalue weighted by Crippen LogP contribution is -2.50. The highest BCUT2D eigenvalue weighted by atomic mass is 35.5. The summed E-state index contributed by atoms with van der Waals surface area (Å²) in [7, 11) is 0. The SMILES string of the molecule is Cl.NC(Cc1ccc(O)cc1)C1(O)CCCCC1. The van der Waals surface area contributed by atoms with Gasteiger partial charge in [0.2, 0.25) is 0 Å². The normalized spacial score (nSPS) is 19.9. The molecule has 1 aromatic rings. The molecular formula is C14H22ClNO2. The molecule has 4 N–H and O–H groups in total. The molecule has 18 heavy (non-hydrogen) atoms. The van der Waals surface area contributed by atoms with Crippen molar-refractivity contribution >= 4 is 12.4 Å². The maximum atomic E-state index is 10.5. The summed E-state index contributed by atoms with van der Waals surface area (Å²) < 4.78 is 0. The van der Waals surface area contributed by atoms with Crippen LogP contribution in [0.1, 0.15) is 37.7 Å². The molecule has 1 atom stereocenters. The predicted octanol–water partition coefficient (Wildman–Crippen LogP) is 2.38. The first kappa shape index (κ1) is 15.3. The third-order valence-corrected chi connectivity index (χ3v) is 3.80. The van der Waals surface area contributed by atoms with E-state index in [4.69, 9.17) is 5.73 Å². The van der Waals surface area contributed by atoms with Crippen molar-refractivity contribution in [1.82, 2.24) is 0 Å². The van der Waals surface area contributed by atoms with Crippen LogP contribution in [0.15, 0.2) is 24.3 Å². The van der Waals surface area contributed by atoms with Gasteiger partial charge in [-0.2, -0.15) is 0 Å². The molecule has 1 saturated carbocycles. The van der Waals surface area contributed by atoms with Crippen LogP contribution in [0.5, 0.6) is 5.75 Å². The van der Waals surface area contributed by atoms with Gasteiger partial charge in [-0.05, 0) is 37.0 Å². The first-order chi connectivity index (χ1) is 8.10. The fraction of sp³-hybridized carbons (Fsp3) is 0.571. The molecule has 0 aliphatic heterocycles. The smallest absolute Gasteiger partial charge is 0.115 e. The summed E-state index contributed by atoms with van der Waals surface area (Å²) in [5.41, 5.74) is 6.51. The van der Waals surface area contributed by atoms with E-state index in [1.807, 2.05) is 12.1 Å². The van der Waals surface area contributed by atoms with Gasteiger partial charge in [-0.1, -0.05) is 31.4 Å². The molecule has 3 nitrogen and oxygen atoms in total. The van der Waals surface area contributed by atoms with Gasteiger partial charge in [-0.25, -0.2) is 0 Å². The van der Waals surface area contributed by atoms with Crippen molar-refractivity contribution in [3.05, 3.63) is 29.8 Å². The standard InChI is InChI=1S/C14H21NO2.ClH/c15-13(14(17)8-2-1-3-9-14)10-11-4-6-12(16)7-5-11;/h4-7,13,16-17H,1-3,8-10,15H2;1H. The average Bonchev–Trinajstić information content (AvgIpc) is 2.33. The van der Waals surface area contributed by atoms with Crippen molar-refractivity contribution in [2.45, 2.75) is 50.2 Å². The summed E-state index contributed by atoms with van der Waals surface area (Å²) in [6.07, 6.45) is 5.63. The molecule has 4 heteroatoms. The molecule has 1 aromatic carbocycles. The summed E-state index contributed by atoms with van der Waals surface area (Å²) in [6, 6.07) is 6.83. The van der Waals surface area contributed by atoms with Crippen molar-refractivity contribution < 1.29 is 10.2 Å². The van der Waals surface area contributed by atoms with Gasteiger partial charge >= 0.3 is 0 Å². The Balaban J connectivity index is 0.00000162. The number of nitrogens with two attached hydrogens (primary N) is 1. The lowest BCUT2D eigenvalue weighted by atomic mass is 9.78. The van der Waals surface area contributed by atoms with Gasteiger partial charge in [0.15, 0.2) is 0 Å². The molecule has 102 valence electrons. The van der Waals surface area contributed by atoms with Gasteiger partial charge in [0.05, 0.1) is 5.60 Å². The fourth-order valence-electron chi connectivity index (χ4n) is 2.61. The third-order valence-electron chi connectivity index (χ3n) is 3.80. The molecule has 1 fully saturated rings. The largest absolute Gasteiger partial charge is 0.508 e. The van der Waals surface area contributed by atoms with Gasteiger partial charge < -0.3 is 15.9 Å². The van der Waals surface area contributed by atoms with Gasteiger partial charge in [0.25, 0.3) is 0 Å². The number of phenols is 1. The zero-order valence-electron chi connectivity index (χ0n) is 10.5. The number of hydrogen-bond donors (Lipinski definition) is 3. The number of benzene rings is 1. The fourth-order valence-corrected chi connectivity index (χ4v) is 2.61. The second-order valence-electron chi connectivity index (χ2n) is 5.14. The van der Waals surface area contributed by atoms with Gasteiger partial charge in [0, 0.05) is 6.04 Å². The van der Waals surface area contributed by atoms with Gasteiger partial charge in [-0.3, -0.25) is 0 Å².